The van der Waals surface area contributed by atoms with Crippen LogP contribution in [-0.4, -0.2) is 22.7 Å². The van der Waals surface area contributed by atoms with Gasteiger partial charge in [-0.05, 0) is 34.5 Å². The first-order valence-corrected chi connectivity index (χ1v) is 9.00. The Morgan fingerprint density at radius 3 is 2.76 bits per heavy atom. The fourth-order valence-corrected chi connectivity index (χ4v) is 3.24. The summed E-state index contributed by atoms with van der Waals surface area (Å²) in [7, 11) is 0. The maximum absolute atomic E-state index is 12.9. The van der Waals surface area contributed by atoms with Crippen LogP contribution in [0.25, 0.3) is 0 Å². The van der Waals surface area contributed by atoms with Crippen LogP contribution in [0.5, 0.6) is 0 Å². The van der Waals surface area contributed by atoms with Gasteiger partial charge in [0, 0.05) is 17.3 Å². The largest absolute Gasteiger partial charge is 0.449 e. The number of amides is 1. The van der Waals surface area contributed by atoms with Crippen LogP contribution >= 0.6 is 27.3 Å². The van der Waals surface area contributed by atoms with Gasteiger partial charge in [-0.15, -0.1) is 11.3 Å². The lowest BCUT2D eigenvalue weighted by molar-refractivity contribution is -0.141. The van der Waals surface area contributed by atoms with E-state index < -0.39 is 18.0 Å². The van der Waals surface area contributed by atoms with Gasteiger partial charge in [0.15, 0.2) is 3.92 Å². The number of ether oxygens (including phenoxy) is 1. The molecule has 2 rings (SSSR count). The van der Waals surface area contributed by atoms with Gasteiger partial charge in [0.2, 0.25) is 0 Å². The molecule has 25 heavy (non-hydrogen) atoms. The normalized spacial score (nSPS) is 11.4. The summed E-state index contributed by atoms with van der Waals surface area (Å²) in [6.45, 7) is 2.20. The van der Waals surface area contributed by atoms with Crippen molar-refractivity contribution in [2.45, 2.75) is 32.5 Å². The lowest BCUT2D eigenvalue weighted by Gasteiger charge is -2.22. The predicted molar refractivity (Wildman–Crippen MR) is 91.5 cm³/mol. The lowest BCUT2D eigenvalue weighted by atomic mass is 10.3. The molecular formula is C15H15BrF3N3O2S. The number of alkyl halides is 3. The zero-order chi connectivity index (χ0) is 18.4. The maximum Gasteiger partial charge on any atom is 0.433 e. The van der Waals surface area contributed by atoms with Crippen LogP contribution in [0.1, 0.15) is 30.3 Å². The Morgan fingerprint density at radius 1 is 1.40 bits per heavy atom. The molecule has 0 aromatic carbocycles. The summed E-state index contributed by atoms with van der Waals surface area (Å²) < 4.78 is 44.5. The monoisotopic (exact) mass is 437 g/mol. The van der Waals surface area contributed by atoms with Gasteiger partial charge in [-0.1, -0.05) is 13.3 Å². The lowest BCUT2D eigenvalue weighted by Crippen LogP contribution is -2.31. The van der Waals surface area contributed by atoms with Crippen molar-refractivity contribution in [2.75, 3.05) is 11.5 Å². The van der Waals surface area contributed by atoms with Crippen molar-refractivity contribution in [1.29, 1.82) is 0 Å². The van der Waals surface area contributed by atoms with Crippen LogP contribution in [0.4, 0.5) is 23.7 Å². The van der Waals surface area contributed by atoms with E-state index in [9.17, 15) is 18.0 Å². The van der Waals surface area contributed by atoms with Crippen molar-refractivity contribution in [3.05, 3.63) is 39.0 Å². The molecule has 0 aliphatic carbocycles. The number of carbonyl (C=O) groups is 1. The summed E-state index contributed by atoms with van der Waals surface area (Å²) in [5, 5.41) is 0. The molecule has 2 aromatic rings. The molecule has 0 bridgehead atoms. The fraction of sp³-hybridized carbons (Fsp3) is 0.400. The Morgan fingerprint density at radius 2 is 2.16 bits per heavy atom. The standard InChI is InChI=1S/C15H15BrF3N3O2S/c1-2-3-6-24-14(23)22(9-11-8-21-13(16)25-11)10-4-5-20-12(7-10)15(17,18)19/h4-5,7-8H,2-3,6,9H2,1H3. The topological polar surface area (TPSA) is 55.3 Å². The van der Waals surface area contributed by atoms with E-state index in [4.69, 9.17) is 4.74 Å². The highest BCUT2D eigenvalue weighted by Gasteiger charge is 2.33. The molecule has 0 fully saturated rings. The second kappa shape index (κ2) is 8.61. The Labute approximate surface area is 155 Å². The molecule has 0 atom stereocenters. The number of carbonyl (C=O) groups excluding carboxylic acids is 1. The summed E-state index contributed by atoms with van der Waals surface area (Å²) in [5.74, 6) is 0. The minimum absolute atomic E-state index is 0.0511. The first-order valence-electron chi connectivity index (χ1n) is 7.39. The first-order chi connectivity index (χ1) is 11.8. The molecule has 0 N–H and O–H groups in total. The molecule has 0 saturated carbocycles. The number of pyridine rings is 1. The van der Waals surface area contributed by atoms with Crippen molar-refractivity contribution in [3.8, 4) is 0 Å². The molecule has 0 saturated heterocycles. The average Bonchev–Trinajstić information content (AvgIpc) is 2.97. The highest BCUT2D eigenvalue weighted by atomic mass is 79.9. The Balaban J connectivity index is 2.28. The summed E-state index contributed by atoms with van der Waals surface area (Å²) in [6, 6.07) is 2.17. The van der Waals surface area contributed by atoms with Crippen molar-refractivity contribution >= 4 is 39.0 Å². The fourth-order valence-electron chi connectivity index (χ4n) is 1.90. The van der Waals surface area contributed by atoms with E-state index in [1.54, 1.807) is 6.20 Å². The van der Waals surface area contributed by atoms with Crippen molar-refractivity contribution in [1.82, 2.24) is 9.97 Å². The maximum atomic E-state index is 12.9. The number of hydrogen-bond donors (Lipinski definition) is 0. The number of aromatic nitrogens is 2. The third-order valence-corrected chi connectivity index (χ3v) is 4.59. The van der Waals surface area contributed by atoms with Gasteiger partial charge in [0.25, 0.3) is 0 Å². The summed E-state index contributed by atoms with van der Waals surface area (Å²) in [6.07, 6.45) is -1.23. The van der Waals surface area contributed by atoms with Crippen molar-refractivity contribution < 1.29 is 22.7 Å². The van der Waals surface area contributed by atoms with Gasteiger partial charge < -0.3 is 4.74 Å². The highest BCUT2D eigenvalue weighted by molar-refractivity contribution is 9.11. The second-order valence-electron chi connectivity index (χ2n) is 5.03. The van der Waals surface area contributed by atoms with Gasteiger partial charge >= 0.3 is 12.3 Å². The molecule has 2 aromatic heterocycles. The van der Waals surface area contributed by atoms with E-state index in [0.717, 1.165) is 23.6 Å². The second-order valence-corrected chi connectivity index (χ2v) is 7.42. The summed E-state index contributed by atoms with van der Waals surface area (Å²) in [4.78, 5) is 21.5. The van der Waals surface area contributed by atoms with E-state index in [1.165, 1.54) is 17.4 Å². The quantitative estimate of drug-likeness (QED) is 0.578. The zero-order valence-electron chi connectivity index (χ0n) is 13.2. The van der Waals surface area contributed by atoms with Crippen LogP contribution in [0.2, 0.25) is 0 Å². The number of thiazole rings is 1. The highest BCUT2D eigenvalue weighted by Crippen LogP contribution is 2.31. The minimum atomic E-state index is -4.60. The van der Waals surface area contributed by atoms with Crippen molar-refractivity contribution in [3.63, 3.8) is 0 Å². The van der Waals surface area contributed by atoms with Gasteiger partial charge in [0.1, 0.15) is 5.69 Å². The van der Waals surface area contributed by atoms with E-state index in [-0.39, 0.29) is 18.8 Å². The average molecular weight is 438 g/mol. The smallest absolute Gasteiger partial charge is 0.433 e. The minimum Gasteiger partial charge on any atom is -0.449 e. The predicted octanol–water partition coefficient (Wildman–Crippen LogP) is 5.26. The van der Waals surface area contributed by atoms with Crippen LogP contribution in [-0.2, 0) is 17.5 Å². The molecule has 0 radical (unpaired) electrons. The molecule has 5 nitrogen and oxygen atoms in total. The van der Waals surface area contributed by atoms with Gasteiger partial charge in [-0.25, -0.2) is 9.78 Å². The number of nitrogens with zero attached hydrogens (tertiary/aromatic N) is 3. The van der Waals surface area contributed by atoms with Crippen LogP contribution in [0, 0.1) is 0 Å². The van der Waals surface area contributed by atoms with Crippen LogP contribution in [0.3, 0.4) is 0 Å². The van der Waals surface area contributed by atoms with Crippen LogP contribution in [0.15, 0.2) is 28.4 Å². The number of hydrogen-bond acceptors (Lipinski definition) is 5. The number of halogens is 4. The van der Waals surface area contributed by atoms with Gasteiger partial charge in [-0.2, -0.15) is 13.2 Å². The van der Waals surface area contributed by atoms with E-state index in [0.29, 0.717) is 15.2 Å². The van der Waals surface area contributed by atoms with E-state index in [1.807, 2.05) is 6.92 Å². The molecule has 10 heteroatoms. The third kappa shape index (κ3) is 5.67. The Hall–Kier alpha value is -1.68. The SMILES string of the molecule is CCCCOC(=O)N(Cc1cnc(Br)s1)c1ccnc(C(F)(F)F)c1. The third-order valence-electron chi connectivity index (χ3n) is 3.13. The number of unbranched alkanes of at least 4 members (excludes halogenated alkanes) is 1. The number of anilines is 1. The number of rotatable bonds is 6. The first kappa shape index (κ1) is 19.6. The molecule has 0 unspecified atom stereocenters. The molecule has 0 spiro atoms. The Kier molecular flexibility index (Phi) is 6.77. The van der Waals surface area contributed by atoms with Gasteiger partial charge in [-0.3, -0.25) is 9.88 Å². The van der Waals surface area contributed by atoms with Crippen molar-refractivity contribution in [2.24, 2.45) is 0 Å². The molecule has 136 valence electrons. The molecule has 2 heterocycles. The summed E-state index contributed by atoms with van der Waals surface area (Å²) >= 11 is 4.50. The van der Waals surface area contributed by atoms with E-state index >= 15 is 0 Å². The molecule has 0 aliphatic rings. The molecule has 1 amide bonds. The zero-order valence-corrected chi connectivity index (χ0v) is 15.6. The van der Waals surface area contributed by atoms with E-state index in [2.05, 4.69) is 25.9 Å². The van der Waals surface area contributed by atoms with Gasteiger partial charge in [0.05, 0.1) is 18.8 Å². The molecular weight excluding hydrogens is 423 g/mol. The Bertz CT molecular complexity index is 724. The summed E-state index contributed by atoms with van der Waals surface area (Å²) in [5.41, 5.74) is -1.00. The molecule has 0 aliphatic heterocycles. The van der Waals surface area contributed by atoms with Crippen LogP contribution < -0.4 is 4.90 Å².